The molecule has 31 heavy (non-hydrogen) atoms. The number of aliphatic hydroxyl groups is 1. The topological polar surface area (TPSA) is 93.5 Å². The lowest BCUT2D eigenvalue weighted by molar-refractivity contribution is -0.207. The second-order valence-electron chi connectivity index (χ2n) is 8.29. The van der Waals surface area contributed by atoms with Crippen molar-refractivity contribution in [1.29, 1.82) is 0 Å². The van der Waals surface area contributed by atoms with Gasteiger partial charge in [-0.05, 0) is 29.2 Å². The molecule has 0 aliphatic carbocycles. The number of rotatable bonds is 6. The molecule has 0 radical (unpaired) electrons. The third kappa shape index (κ3) is 3.26. The lowest BCUT2D eigenvalue weighted by Crippen LogP contribution is -2.49. The third-order valence-electron chi connectivity index (χ3n) is 6.50. The number of benzene rings is 2. The van der Waals surface area contributed by atoms with Gasteiger partial charge in [0.1, 0.15) is 11.7 Å². The summed E-state index contributed by atoms with van der Waals surface area (Å²) < 4.78 is 13.8. The van der Waals surface area contributed by atoms with E-state index in [-0.39, 0.29) is 12.5 Å². The Labute approximate surface area is 178 Å². The molecule has 5 unspecified atom stereocenters. The van der Waals surface area contributed by atoms with E-state index < -0.39 is 35.3 Å². The third-order valence-corrected chi connectivity index (χ3v) is 6.50. The summed E-state index contributed by atoms with van der Waals surface area (Å²) in [5, 5.41) is 13.3. The van der Waals surface area contributed by atoms with Gasteiger partial charge in [-0.15, -0.1) is 6.58 Å². The zero-order chi connectivity index (χ0) is 21.6. The summed E-state index contributed by atoms with van der Waals surface area (Å²) in [5.74, 6) is -0.174. The zero-order valence-corrected chi connectivity index (χ0v) is 16.9. The molecule has 1 aromatic heterocycles. The Hall–Kier alpha value is -3.00. The highest BCUT2D eigenvalue weighted by molar-refractivity contribution is 5.83. The van der Waals surface area contributed by atoms with Crippen molar-refractivity contribution < 1.29 is 14.6 Å². The Balaban J connectivity index is 1.53. The standard InChI is InChI=1S/C24H24N2O5/c1-2-5-19(27)24-14-30-21(22(31-24)26-11-10-20(28)25-23(26)29)18(24)13-15-8-9-16-6-3-4-7-17(16)12-15/h2-4,6-12,18-19,21-22,27H,1,5,13-14H2,(H,25,28,29). The van der Waals surface area contributed by atoms with Gasteiger partial charge in [0.25, 0.3) is 5.56 Å². The van der Waals surface area contributed by atoms with Gasteiger partial charge in [0, 0.05) is 18.2 Å². The van der Waals surface area contributed by atoms with Crippen LogP contribution in [0.3, 0.4) is 0 Å². The van der Waals surface area contributed by atoms with Crippen LogP contribution in [-0.4, -0.2) is 39.1 Å². The molecule has 2 fully saturated rings. The summed E-state index contributed by atoms with van der Waals surface area (Å²) in [7, 11) is 0. The van der Waals surface area contributed by atoms with Crippen LogP contribution in [-0.2, 0) is 15.9 Å². The predicted molar refractivity (Wildman–Crippen MR) is 116 cm³/mol. The molecule has 2 aromatic carbocycles. The Kier molecular flexibility index (Phi) is 4.89. The van der Waals surface area contributed by atoms with Gasteiger partial charge in [-0.3, -0.25) is 14.3 Å². The lowest BCUT2D eigenvalue weighted by atomic mass is 9.79. The molecular formula is C24H24N2O5. The van der Waals surface area contributed by atoms with Gasteiger partial charge in [-0.2, -0.15) is 0 Å². The van der Waals surface area contributed by atoms with E-state index in [0.29, 0.717) is 12.8 Å². The van der Waals surface area contributed by atoms with Gasteiger partial charge in [0.05, 0.1) is 12.7 Å². The number of nitrogens with zero attached hydrogens (tertiary/aromatic N) is 1. The lowest BCUT2D eigenvalue weighted by Gasteiger charge is -2.36. The van der Waals surface area contributed by atoms with Crippen LogP contribution in [0.25, 0.3) is 10.8 Å². The molecule has 2 aliphatic rings. The van der Waals surface area contributed by atoms with E-state index in [9.17, 15) is 14.7 Å². The van der Waals surface area contributed by atoms with E-state index in [0.717, 1.165) is 16.3 Å². The summed E-state index contributed by atoms with van der Waals surface area (Å²) in [4.78, 5) is 26.2. The molecule has 7 heteroatoms. The number of H-pyrrole nitrogens is 1. The van der Waals surface area contributed by atoms with Gasteiger partial charge in [-0.1, -0.05) is 48.5 Å². The molecule has 0 amide bonds. The van der Waals surface area contributed by atoms with Gasteiger partial charge in [-0.25, -0.2) is 4.79 Å². The normalized spacial score (nSPS) is 28.1. The van der Waals surface area contributed by atoms with Crippen molar-refractivity contribution in [3.63, 3.8) is 0 Å². The number of ether oxygens (including phenoxy) is 2. The van der Waals surface area contributed by atoms with Gasteiger partial charge in [0.2, 0.25) is 0 Å². The minimum Gasteiger partial charge on any atom is -0.390 e. The fourth-order valence-electron chi connectivity index (χ4n) is 4.95. The molecule has 5 atom stereocenters. The van der Waals surface area contributed by atoms with Gasteiger partial charge >= 0.3 is 5.69 Å². The fraction of sp³-hybridized carbons (Fsp3) is 0.333. The van der Waals surface area contributed by atoms with Crippen LogP contribution >= 0.6 is 0 Å². The average molecular weight is 420 g/mol. The summed E-state index contributed by atoms with van der Waals surface area (Å²) in [6, 6.07) is 15.7. The first-order valence-corrected chi connectivity index (χ1v) is 10.4. The number of aromatic amines is 1. The van der Waals surface area contributed by atoms with E-state index in [1.165, 1.54) is 16.8 Å². The molecule has 3 aromatic rings. The number of aromatic nitrogens is 2. The molecular weight excluding hydrogens is 396 g/mol. The van der Waals surface area contributed by atoms with E-state index in [1.54, 1.807) is 6.08 Å². The second-order valence-corrected chi connectivity index (χ2v) is 8.29. The summed E-state index contributed by atoms with van der Waals surface area (Å²) in [5.41, 5.74) is -0.900. The Morgan fingerprint density at radius 1 is 1.23 bits per heavy atom. The first kappa shape index (κ1) is 19.9. The maximum atomic E-state index is 12.4. The van der Waals surface area contributed by atoms with Crippen LogP contribution < -0.4 is 11.2 Å². The quantitative estimate of drug-likeness (QED) is 0.596. The SMILES string of the molecule is C=CCC(O)C12COC(C(n3ccc(=O)[nH]c3=O)O1)C2Cc1ccc2ccccc2c1. The number of aliphatic hydroxyl groups excluding tert-OH is 1. The van der Waals surface area contributed by atoms with Crippen molar-refractivity contribution in [2.24, 2.45) is 5.92 Å². The predicted octanol–water partition coefficient (Wildman–Crippen LogP) is 2.15. The summed E-state index contributed by atoms with van der Waals surface area (Å²) in [6.07, 6.45) is 2.04. The van der Waals surface area contributed by atoms with E-state index in [4.69, 9.17) is 9.47 Å². The van der Waals surface area contributed by atoms with E-state index in [2.05, 4.69) is 41.9 Å². The maximum Gasteiger partial charge on any atom is 0.330 e. The van der Waals surface area contributed by atoms with Crippen LogP contribution in [0.5, 0.6) is 0 Å². The van der Waals surface area contributed by atoms with Crippen LogP contribution in [0, 0.1) is 5.92 Å². The number of fused-ring (bicyclic) bond motifs is 3. The average Bonchev–Trinajstić information content (AvgIpc) is 3.27. The number of hydrogen-bond acceptors (Lipinski definition) is 5. The molecule has 0 spiro atoms. The van der Waals surface area contributed by atoms with E-state index in [1.807, 2.05) is 12.1 Å². The molecule has 7 nitrogen and oxygen atoms in total. The Morgan fingerprint density at radius 3 is 2.81 bits per heavy atom. The molecule has 3 heterocycles. The number of nitrogens with one attached hydrogen (secondary N) is 1. The highest BCUT2D eigenvalue weighted by Gasteiger charge is 2.64. The van der Waals surface area contributed by atoms with Crippen LogP contribution in [0.2, 0.25) is 0 Å². The Morgan fingerprint density at radius 2 is 2.03 bits per heavy atom. The molecule has 5 rings (SSSR count). The fourth-order valence-corrected chi connectivity index (χ4v) is 4.95. The van der Waals surface area contributed by atoms with Crippen LogP contribution in [0.1, 0.15) is 18.2 Å². The maximum absolute atomic E-state index is 12.4. The minimum absolute atomic E-state index is 0.174. The summed E-state index contributed by atoms with van der Waals surface area (Å²) in [6.45, 7) is 3.98. The van der Waals surface area contributed by atoms with E-state index >= 15 is 0 Å². The minimum atomic E-state index is -0.968. The van der Waals surface area contributed by atoms with Crippen LogP contribution in [0.4, 0.5) is 0 Å². The van der Waals surface area contributed by atoms with Crippen molar-refractivity contribution in [3.05, 3.63) is 93.8 Å². The first-order chi connectivity index (χ1) is 15.0. The van der Waals surface area contributed by atoms with Crippen LogP contribution in [0.15, 0.2) is 77.0 Å². The highest BCUT2D eigenvalue weighted by atomic mass is 16.6. The van der Waals surface area contributed by atoms with Gasteiger partial charge < -0.3 is 14.6 Å². The van der Waals surface area contributed by atoms with Crippen molar-refractivity contribution in [3.8, 4) is 0 Å². The Bertz CT molecular complexity index is 1250. The zero-order valence-electron chi connectivity index (χ0n) is 16.9. The van der Waals surface area contributed by atoms with Crippen molar-refractivity contribution in [2.75, 3.05) is 6.61 Å². The monoisotopic (exact) mass is 420 g/mol. The van der Waals surface area contributed by atoms with Gasteiger partial charge in [0.15, 0.2) is 6.23 Å². The van der Waals surface area contributed by atoms with Crippen molar-refractivity contribution in [2.45, 2.75) is 36.9 Å². The molecule has 2 bridgehead atoms. The number of hydrogen-bond donors (Lipinski definition) is 2. The smallest absolute Gasteiger partial charge is 0.330 e. The highest BCUT2D eigenvalue weighted by Crippen LogP contribution is 2.52. The first-order valence-electron chi connectivity index (χ1n) is 10.4. The molecule has 2 N–H and O–H groups in total. The molecule has 2 aliphatic heterocycles. The van der Waals surface area contributed by atoms with Crippen molar-refractivity contribution in [1.82, 2.24) is 9.55 Å². The second kappa shape index (κ2) is 7.60. The molecule has 0 saturated carbocycles. The van der Waals surface area contributed by atoms with Crippen molar-refractivity contribution >= 4 is 10.8 Å². The molecule has 2 saturated heterocycles. The summed E-state index contributed by atoms with van der Waals surface area (Å²) >= 11 is 0. The largest absolute Gasteiger partial charge is 0.390 e. The molecule has 160 valence electrons.